The third kappa shape index (κ3) is 2.22. The van der Waals surface area contributed by atoms with E-state index in [4.69, 9.17) is 11.1 Å². The maximum atomic E-state index is 7.14. The minimum Gasteiger partial charge on any atom is -0.387 e. The molecule has 0 fully saturated rings. The molecule has 12 heavy (non-hydrogen) atoms. The molecule has 1 aromatic rings. The van der Waals surface area contributed by atoms with Gasteiger partial charge in [-0.15, -0.1) is 11.3 Å². The van der Waals surface area contributed by atoms with Gasteiger partial charge in [-0.2, -0.15) is 0 Å². The highest BCUT2D eigenvalue weighted by Gasteiger charge is 2.06. The van der Waals surface area contributed by atoms with E-state index in [1.807, 2.05) is 13.2 Å². The fraction of sp³-hybridized carbons (Fsp3) is 0.429. The molecule has 1 aromatic heterocycles. The van der Waals surface area contributed by atoms with Gasteiger partial charge in [-0.3, -0.25) is 5.41 Å². The summed E-state index contributed by atoms with van der Waals surface area (Å²) in [6.45, 7) is 1.95. The number of nitrogens with one attached hydrogen (secondary N) is 1. The van der Waals surface area contributed by atoms with Gasteiger partial charge in [0.25, 0.3) is 0 Å². The van der Waals surface area contributed by atoms with E-state index < -0.39 is 0 Å². The summed E-state index contributed by atoms with van der Waals surface area (Å²) in [6, 6.07) is 0. The normalized spacial score (nSPS) is 10.2. The molecular formula is C7H11N3S2. The van der Waals surface area contributed by atoms with Crippen molar-refractivity contribution in [2.24, 2.45) is 5.73 Å². The van der Waals surface area contributed by atoms with Crippen molar-refractivity contribution in [2.45, 2.75) is 17.7 Å². The maximum Gasteiger partial charge on any atom is 0.150 e. The second kappa shape index (κ2) is 3.91. The number of nitrogens with zero attached hydrogens (tertiary/aromatic N) is 1. The molecule has 0 bridgehead atoms. The third-order valence-electron chi connectivity index (χ3n) is 1.40. The Morgan fingerprint density at radius 2 is 2.42 bits per heavy atom. The van der Waals surface area contributed by atoms with Gasteiger partial charge < -0.3 is 5.73 Å². The molecule has 3 N–H and O–H groups in total. The summed E-state index contributed by atoms with van der Waals surface area (Å²) in [5, 5.41) is 7.14. The van der Waals surface area contributed by atoms with Crippen molar-refractivity contribution in [3.05, 3.63) is 10.6 Å². The number of aryl methyl sites for hydroxylation is 1. The summed E-state index contributed by atoms with van der Waals surface area (Å²) in [5.41, 5.74) is 6.30. The van der Waals surface area contributed by atoms with Gasteiger partial charge in [-0.1, -0.05) is 11.8 Å². The van der Waals surface area contributed by atoms with Crippen LogP contribution in [0.1, 0.15) is 10.6 Å². The molecule has 5 heteroatoms. The summed E-state index contributed by atoms with van der Waals surface area (Å²) in [6.07, 6.45) is 2.53. The highest BCUT2D eigenvalue weighted by Crippen LogP contribution is 2.25. The molecule has 0 unspecified atom stereocenters. The first-order chi connectivity index (χ1) is 5.63. The SMILES string of the molecule is CSc1nc(C)c(CC(=N)N)s1. The molecule has 0 aromatic carbocycles. The zero-order valence-electron chi connectivity index (χ0n) is 7.05. The Bertz CT molecular complexity index is 293. The molecule has 66 valence electrons. The van der Waals surface area contributed by atoms with Crippen molar-refractivity contribution in [1.29, 1.82) is 5.41 Å². The van der Waals surface area contributed by atoms with Crippen molar-refractivity contribution in [3.63, 3.8) is 0 Å². The van der Waals surface area contributed by atoms with E-state index in [2.05, 4.69) is 4.98 Å². The summed E-state index contributed by atoms with van der Waals surface area (Å²) in [4.78, 5) is 5.42. The Kier molecular flexibility index (Phi) is 3.11. The molecule has 0 saturated heterocycles. The lowest BCUT2D eigenvalue weighted by Crippen LogP contribution is -2.12. The lowest BCUT2D eigenvalue weighted by atomic mass is 10.3. The summed E-state index contributed by atoms with van der Waals surface area (Å²) in [7, 11) is 0. The molecule has 0 radical (unpaired) electrons. The number of thiazole rings is 1. The number of thioether (sulfide) groups is 1. The fourth-order valence-corrected chi connectivity index (χ4v) is 2.50. The third-order valence-corrected chi connectivity index (χ3v) is 3.54. The van der Waals surface area contributed by atoms with Crippen LogP contribution >= 0.6 is 23.1 Å². The second-order valence-corrected chi connectivity index (χ2v) is 4.53. The maximum absolute atomic E-state index is 7.14. The van der Waals surface area contributed by atoms with E-state index in [1.54, 1.807) is 23.1 Å². The Labute approximate surface area is 79.9 Å². The van der Waals surface area contributed by atoms with Gasteiger partial charge in [0.2, 0.25) is 0 Å². The summed E-state index contributed by atoms with van der Waals surface area (Å²) in [5.74, 6) is 0.203. The van der Waals surface area contributed by atoms with E-state index in [9.17, 15) is 0 Å². The van der Waals surface area contributed by atoms with Crippen molar-refractivity contribution in [3.8, 4) is 0 Å². The van der Waals surface area contributed by atoms with Crippen LogP contribution in [0.2, 0.25) is 0 Å². The minimum atomic E-state index is 0.203. The van der Waals surface area contributed by atoms with Gasteiger partial charge in [0.05, 0.1) is 11.5 Å². The van der Waals surface area contributed by atoms with Crippen LogP contribution < -0.4 is 5.73 Å². The Balaban J connectivity index is 2.84. The van der Waals surface area contributed by atoms with E-state index >= 15 is 0 Å². The molecule has 0 aliphatic heterocycles. The van der Waals surface area contributed by atoms with Crippen LogP contribution in [0.25, 0.3) is 0 Å². The highest BCUT2D eigenvalue weighted by molar-refractivity contribution is 8.00. The van der Waals surface area contributed by atoms with Gasteiger partial charge in [0.1, 0.15) is 4.34 Å². The van der Waals surface area contributed by atoms with E-state index in [1.165, 1.54) is 0 Å². The molecule has 0 aliphatic rings. The standard InChI is InChI=1S/C7H11N3S2/c1-4-5(3-6(8)9)12-7(10-4)11-2/h3H2,1-2H3,(H3,8,9). The number of nitrogens with two attached hydrogens (primary N) is 1. The highest BCUT2D eigenvalue weighted by atomic mass is 32.2. The molecule has 0 saturated carbocycles. The molecule has 0 amide bonds. The van der Waals surface area contributed by atoms with Crippen molar-refractivity contribution < 1.29 is 0 Å². The molecule has 3 nitrogen and oxygen atoms in total. The van der Waals surface area contributed by atoms with Crippen molar-refractivity contribution in [2.75, 3.05) is 6.26 Å². The Hall–Kier alpha value is -0.550. The number of amidine groups is 1. The minimum absolute atomic E-state index is 0.203. The lowest BCUT2D eigenvalue weighted by molar-refractivity contribution is 1.12. The number of hydrogen-bond acceptors (Lipinski definition) is 4. The summed E-state index contributed by atoms with van der Waals surface area (Å²) < 4.78 is 1.05. The van der Waals surface area contributed by atoms with Gasteiger partial charge in [-0.25, -0.2) is 4.98 Å². The number of aromatic nitrogens is 1. The van der Waals surface area contributed by atoms with E-state index in [0.717, 1.165) is 14.9 Å². The molecule has 0 spiro atoms. The van der Waals surface area contributed by atoms with Crippen molar-refractivity contribution >= 4 is 28.9 Å². The van der Waals surface area contributed by atoms with Gasteiger partial charge in [0, 0.05) is 11.3 Å². The predicted octanol–water partition coefficient (Wildman–Crippen LogP) is 1.65. The fourth-order valence-electron chi connectivity index (χ4n) is 0.826. The quantitative estimate of drug-likeness (QED) is 0.444. The second-order valence-electron chi connectivity index (χ2n) is 2.39. The molecule has 0 atom stereocenters. The van der Waals surface area contributed by atoms with Crippen LogP contribution in [0.15, 0.2) is 4.34 Å². The van der Waals surface area contributed by atoms with Crippen LogP contribution in [0.4, 0.5) is 0 Å². The molecule has 1 rings (SSSR count). The van der Waals surface area contributed by atoms with Gasteiger partial charge in [-0.05, 0) is 13.2 Å². The number of rotatable bonds is 3. The first-order valence-corrected chi connectivity index (χ1v) is 5.50. The largest absolute Gasteiger partial charge is 0.387 e. The summed E-state index contributed by atoms with van der Waals surface area (Å²) >= 11 is 3.25. The van der Waals surface area contributed by atoms with Crippen LogP contribution in [0, 0.1) is 12.3 Å². The molecule has 0 aliphatic carbocycles. The van der Waals surface area contributed by atoms with Crippen LogP contribution in [-0.4, -0.2) is 17.1 Å². The van der Waals surface area contributed by atoms with E-state index in [0.29, 0.717) is 6.42 Å². The lowest BCUT2D eigenvalue weighted by Gasteiger charge is -1.93. The van der Waals surface area contributed by atoms with Crippen LogP contribution in [0.5, 0.6) is 0 Å². The Morgan fingerprint density at radius 1 is 1.75 bits per heavy atom. The smallest absolute Gasteiger partial charge is 0.150 e. The van der Waals surface area contributed by atoms with Crippen molar-refractivity contribution in [1.82, 2.24) is 4.98 Å². The zero-order valence-corrected chi connectivity index (χ0v) is 8.68. The number of hydrogen-bond donors (Lipinski definition) is 2. The zero-order chi connectivity index (χ0) is 9.14. The molecular weight excluding hydrogens is 190 g/mol. The topological polar surface area (TPSA) is 62.8 Å². The Morgan fingerprint density at radius 3 is 2.83 bits per heavy atom. The van der Waals surface area contributed by atoms with Gasteiger partial charge >= 0.3 is 0 Å². The molecule has 1 heterocycles. The predicted molar refractivity (Wildman–Crippen MR) is 54.3 cm³/mol. The average molecular weight is 201 g/mol. The van der Waals surface area contributed by atoms with Crippen LogP contribution in [-0.2, 0) is 6.42 Å². The average Bonchev–Trinajstić information content (AvgIpc) is 2.31. The first kappa shape index (κ1) is 9.54. The van der Waals surface area contributed by atoms with E-state index in [-0.39, 0.29) is 5.84 Å². The van der Waals surface area contributed by atoms with Crippen LogP contribution in [0.3, 0.4) is 0 Å². The monoisotopic (exact) mass is 201 g/mol. The first-order valence-electron chi connectivity index (χ1n) is 3.46. The van der Waals surface area contributed by atoms with Gasteiger partial charge in [0.15, 0.2) is 0 Å².